The van der Waals surface area contributed by atoms with Crippen LogP contribution in [0.25, 0.3) is 0 Å². The van der Waals surface area contributed by atoms with Gasteiger partial charge in [-0.2, -0.15) is 0 Å². The molecule has 1 aromatic rings. The molecule has 18 heavy (non-hydrogen) atoms. The molecule has 0 aliphatic carbocycles. The Morgan fingerprint density at radius 1 is 1.28 bits per heavy atom. The fourth-order valence-electron chi connectivity index (χ4n) is 2.59. The lowest BCUT2D eigenvalue weighted by atomic mass is 10.0. The Morgan fingerprint density at radius 3 is 2.44 bits per heavy atom. The predicted molar refractivity (Wildman–Crippen MR) is 77.9 cm³/mol. The third kappa shape index (κ3) is 3.56. The highest BCUT2D eigenvalue weighted by Crippen LogP contribution is 2.18. The molecule has 0 aromatic heterocycles. The first-order valence-corrected chi connectivity index (χ1v) is 7.03. The van der Waals surface area contributed by atoms with Crippen molar-refractivity contribution in [1.29, 1.82) is 0 Å². The minimum absolute atomic E-state index is 0.291. The molecule has 2 N–H and O–H groups in total. The van der Waals surface area contributed by atoms with Gasteiger partial charge in [0.2, 0.25) is 0 Å². The number of hydrogen-bond donors (Lipinski definition) is 2. The summed E-state index contributed by atoms with van der Waals surface area (Å²) in [6.45, 7) is 11.1. The zero-order valence-corrected chi connectivity index (χ0v) is 12.1. The molecule has 0 radical (unpaired) electrons. The van der Waals surface area contributed by atoms with E-state index < -0.39 is 0 Å². The molecule has 1 atom stereocenters. The predicted octanol–water partition coefficient (Wildman–Crippen LogP) is 3.04. The molecule has 1 saturated heterocycles. The largest absolute Gasteiger partial charge is 0.310 e. The highest BCUT2D eigenvalue weighted by atomic mass is 15.1. The summed E-state index contributed by atoms with van der Waals surface area (Å²) < 4.78 is 0. The van der Waals surface area contributed by atoms with Gasteiger partial charge >= 0.3 is 0 Å². The topological polar surface area (TPSA) is 24.1 Å². The maximum atomic E-state index is 3.64. The van der Waals surface area contributed by atoms with Crippen molar-refractivity contribution in [2.75, 3.05) is 6.54 Å². The second-order valence-electron chi connectivity index (χ2n) is 6.44. The number of benzene rings is 1. The lowest BCUT2D eigenvalue weighted by Crippen LogP contribution is -2.31. The van der Waals surface area contributed by atoms with E-state index in [-0.39, 0.29) is 0 Å². The molecule has 0 saturated carbocycles. The van der Waals surface area contributed by atoms with Crippen molar-refractivity contribution < 1.29 is 0 Å². The van der Waals surface area contributed by atoms with Gasteiger partial charge < -0.3 is 10.6 Å². The molecule has 0 spiro atoms. The van der Waals surface area contributed by atoms with Crippen molar-refractivity contribution in [2.45, 2.75) is 58.2 Å². The summed E-state index contributed by atoms with van der Waals surface area (Å²) in [5.41, 5.74) is 3.09. The summed E-state index contributed by atoms with van der Waals surface area (Å²) in [4.78, 5) is 0. The Balaban J connectivity index is 1.84. The van der Waals surface area contributed by atoms with E-state index in [1.807, 2.05) is 0 Å². The Labute approximate surface area is 111 Å². The quantitative estimate of drug-likeness (QED) is 0.853. The molecule has 2 nitrogen and oxygen atoms in total. The van der Waals surface area contributed by atoms with E-state index in [9.17, 15) is 0 Å². The van der Waals surface area contributed by atoms with Crippen LogP contribution < -0.4 is 10.6 Å². The van der Waals surface area contributed by atoms with Crippen LogP contribution in [0.3, 0.4) is 0 Å². The highest BCUT2D eigenvalue weighted by Gasteiger charge is 2.29. The van der Waals surface area contributed by atoms with Gasteiger partial charge in [-0.05, 0) is 37.3 Å². The zero-order valence-electron chi connectivity index (χ0n) is 12.1. The minimum Gasteiger partial charge on any atom is -0.310 e. The van der Waals surface area contributed by atoms with Crippen LogP contribution in [0.1, 0.15) is 51.2 Å². The first-order chi connectivity index (χ1) is 8.46. The molecule has 1 fully saturated rings. The van der Waals surface area contributed by atoms with Crippen molar-refractivity contribution in [1.82, 2.24) is 10.6 Å². The molecule has 100 valence electrons. The van der Waals surface area contributed by atoms with Crippen LogP contribution in [0, 0.1) is 0 Å². The van der Waals surface area contributed by atoms with Crippen molar-refractivity contribution >= 4 is 0 Å². The van der Waals surface area contributed by atoms with Crippen LogP contribution in [-0.2, 0) is 6.54 Å². The summed E-state index contributed by atoms with van der Waals surface area (Å²) in [5, 5.41) is 7.18. The van der Waals surface area contributed by atoms with E-state index in [1.54, 1.807) is 0 Å². The maximum absolute atomic E-state index is 3.64. The average Bonchev–Trinajstić information content (AvgIpc) is 2.67. The van der Waals surface area contributed by atoms with Crippen LogP contribution in [0.5, 0.6) is 0 Å². The van der Waals surface area contributed by atoms with Crippen LogP contribution in [0.2, 0.25) is 0 Å². The summed E-state index contributed by atoms with van der Waals surface area (Å²) in [7, 11) is 0. The Bertz CT molecular complexity index is 379. The fourth-order valence-corrected chi connectivity index (χ4v) is 2.59. The Hall–Kier alpha value is -0.860. The summed E-state index contributed by atoms with van der Waals surface area (Å²) in [5.74, 6) is 0.617. The monoisotopic (exact) mass is 246 g/mol. The van der Waals surface area contributed by atoms with Crippen LogP contribution in [0.15, 0.2) is 24.3 Å². The lowest BCUT2D eigenvalue weighted by Gasteiger charge is -2.17. The van der Waals surface area contributed by atoms with E-state index in [0.717, 1.165) is 13.1 Å². The van der Waals surface area contributed by atoms with Gasteiger partial charge in [0.25, 0.3) is 0 Å². The first-order valence-electron chi connectivity index (χ1n) is 7.03. The molecule has 1 aromatic carbocycles. The Kier molecular flexibility index (Phi) is 4.08. The van der Waals surface area contributed by atoms with E-state index >= 15 is 0 Å². The van der Waals surface area contributed by atoms with Gasteiger partial charge in [-0.15, -0.1) is 0 Å². The molecular formula is C16H26N2. The zero-order chi connectivity index (χ0) is 13.2. The molecule has 1 aliphatic rings. The smallest absolute Gasteiger partial charge is 0.0213 e. The van der Waals surface area contributed by atoms with Gasteiger partial charge in [-0.3, -0.25) is 0 Å². The summed E-state index contributed by atoms with van der Waals surface area (Å²) in [6.07, 6.45) is 1.21. The van der Waals surface area contributed by atoms with Crippen LogP contribution >= 0.6 is 0 Å². The minimum atomic E-state index is 0.291. The molecule has 0 bridgehead atoms. The summed E-state index contributed by atoms with van der Waals surface area (Å²) >= 11 is 0. The standard InChI is InChI=1S/C16H26N2/c1-12(2)14-7-5-13(6-8-14)10-17-15-9-16(3,4)18-11-15/h5-8,12,15,17-18H,9-11H2,1-4H3. The molecule has 1 unspecified atom stereocenters. The Morgan fingerprint density at radius 2 is 1.94 bits per heavy atom. The van der Waals surface area contributed by atoms with Gasteiger partial charge in [-0.1, -0.05) is 38.1 Å². The molecule has 1 heterocycles. The van der Waals surface area contributed by atoms with E-state index in [0.29, 0.717) is 17.5 Å². The number of nitrogens with one attached hydrogen (secondary N) is 2. The molecule has 1 aliphatic heterocycles. The van der Waals surface area contributed by atoms with Crippen molar-refractivity contribution in [3.8, 4) is 0 Å². The second kappa shape index (κ2) is 5.41. The van der Waals surface area contributed by atoms with Gasteiger partial charge in [0.1, 0.15) is 0 Å². The van der Waals surface area contributed by atoms with Gasteiger partial charge in [0, 0.05) is 24.7 Å². The van der Waals surface area contributed by atoms with Crippen molar-refractivity contribution in [3.05, 3.63) is 35.4 Å². The molecule has 2 heteroatoms. The van der Waals surface area contributed by atoms with Crippen LogP contribution in [-0.4, -0.2) is 18.1 Å². The third-order valence-electron chi connectivity index (χ3n) is 3.82. The number of hydrogen-bond acceptors (Lipinski definition) is 2. The summed E-state index contributed by atoms with van der Waals surface area (Å²) in [6, 6.07) is 9.59. The fraction of sp³-hybridized carbons (Fsp3) is 0.625. The maximum Gasteiger partial charge on any atom is 0.0213 e. The first kappa shape index (κ1) is 13.6. The SMILES string of the molecule is CC(C)c1ccc(CNC2CNC(C)(C)C2)cc1. The molecule has 0 amide bonds. The van der Waals surface area contributed by atoms with E-state index in [2.05, 4.69) is 62.6 Å². The normalized spacial score (nSPS) is 22.6. The van der Waals surface area contributed by atoms with Gasteiger partial charge in [-0.25, -0.2) is 0 Å². The van der Waals surface area contributed by atoms with E-state index in [1.165, 1.54) is 17.5 Å². The number of rotatable bonds is 4. The van der Waals surface area contributed by atoms with Crippen LogP contribution in [0.4, 0.5) is 0 Å². The second-order valence-corrected chi connectivity index (χ2v) is 6.44. The van der Waals surface area contributed by atoms with E-state index in [4.69, 9.17) is 0 Å². The average molecular weight is 246 g/mol. The lowest BCUT2D eigenvalue weighted by molar-refractivity contribution is 0.442. The van der Waals surface area contributed by atoms with Crippen molar-refractivity contribution in [3.63, 3.8) is 0 Å². The van der Waals surface area contributed by atoms with Gasteiger partial charge in [0.15, 0.2) is 0 Å². The molecule has 2 rings (SSSR count). The third-order valence-corrected chi connectivity index (χ3v) is 3.82. The highest BCUT2D eigenvalue weighted by molar-refractivity contribution is 5.24. The van der Waals surface area contributed by atoms with Gasteiger partial charge in [0.05, 0.1) is 0 Å². The molecular weight excluding hydrogens is 220 g/mol. The van der Waals surface area contributed by atoms with Crippen molar-refractivity contribution in [2.24, 2.45) is 0 Å².